The van der Waals surface area contributed by atoms with E-state index in [0.29, 0.717) is 5.56 Å². The minimum Gasteiger partial charge on any atom is -0.477 e. The minimum atomic E-state index is -2.83. The lowest BCUT2D eigenvalue weighted by molar-refractivity contribution is -0.294. The van der Waals surface area contributed by atoms with Gasteiger partial charge < -0.3 is 40.9 Å². The van der Waals surface area contributed by atoms with E-state index in [1.54, 1.807) is 30.3 Å². The molecule has 0 unspecified atom stereocenters. The highest BCUT2D eigenvalue weighted by atomic mass is 16.7. The van der Waals surface area contributed by atoms with Crippen molar-refractivity contribution >= 4 is 17.8 Å². The number of carbonyl (C=O) groups excluding carboxylic acids is 2. The third kappa shape index (κ3) is 5.49. The van der Waals surface area contributed by atoms with Crippen LogP contribution in [0.5, 0.6) is 0 Å². The van der Waals surface area contributed by atoms with Gasteiger partial charge in [-0.2, -0.15) is 0 Å². The van der Waals surface area contributed by atoms with Crippen molar-refractivity contribution in [3.05, 3.63) is 35.9 Å². The zero-order chi connectivity index (χ0) is 21.8. The third-order valence-electron chi connectivity index (χ3n) is 4.53. The number of aliphatic hydroxyl groups is 4. The van der Waals surface area contributed by atoms with Crippen LogP contribution < -0.4 is 10.6 Å². The van der Waals surface area contributed by atoms with Crippen molar-refractivity contribution in [3.8, 4) is 0 Å². The van der Waals surface area contributed by atoms with E-state index in [0.717, 1.165) is 6.92 Å². The number of ether oxygens (including phenoxy) is 1. The summed E-state index contributed by atoms with van der Waals surface area (Å²) in [6.45, 7) is 0.688. The van der Waals surface area contributed by atoms with Crippen molar-refractivity contribution in [2.24, 2.45) is 0 Å². The summed E-state index contributed by atoms with van der Waals surface area (Å²) in [6.07, 6.45) is -7.54. The predicted molar refractivity (Wildman–Crippen MR) is 96.5 cm³/mol. The molecule has 1 saturated heterocycles. The summed E-state index contributed by atoms with van der Waals surface area (Å²) < 4.78 is 5.05. The molecule has 1 fully saturated rings. The number of carboxylic acid groups (broad SMARTS) is 1. The number of aliphatic hydroxyl groups excluding tert-OH is 3. The lowest BCUT2D eigenvalue weighted by Gasteiger charge is -2.44. The molecule has 0 saturated carbocycles. The quantitative estimate of drug-likeness (QED) is 0.256. The number of nitrogens with one attached hydrogen (secondary N) is 2. The molecular weight excluding hydrogens is 388 g/mol. The van der Waals surface area contributed by atoms with Gasteiger partial charge in [0.05, 0.1) is 18.2 Å². The number of carbonyl (C=O) groups is 3. The van der Waals surface area contributed by atoms with Crippen molar-refractivity contribution in [2.45, 2.75) is 49.6 Å². The molecule has 1 aromatic rings. The highest BCUT2D eigenvalue weighted by Gasteiger charge is 2.53. The summed E-state index contributed by atoms with van der Waals surface area (Å²) >= 11 is 0. The number of aliphatic carboxylic acids is 1. The summed E-state index contributed by atoms with van der Waals surface area (Å²) in [5.41, 5.74) is 0.315. The third-order valence-corrected chi connectivity index (χ3v) is 4.53. The van der Waals surface area contributed by atoms with E-state index in [4.69, 9.17) is 9.84 Å². The van der Waals surface area contributed by atoms with Gasteiger partial charge in [0.25, 0.3) is 11.7 Å². The van der Waals surface area contributed by atoms with Gasteiger partial charge in [-0.1, -0.05) is 18.2 Å². The van der Waals surface area contributed by atoms with Crippen molar-refractivity contribution in [1.29, 1.82) is 0 Å². The summed E-state index contributed by atoms with van der Waals surface area (Å²) in [5.74, 6) is -5.76. The van der Waals surface area contributed by atoms with Crippen LogP contribution in [-0.2, 0) is 14.3 Å². The number of hydrogen-bond donors (Lipinski definition) is 7. The molecule has 2 rings (SSSR count). The first kappa shape index (κ1) is 22.7. The Hall–Kier alpha value is -2.57. The molecule has 6 atom stereocenters. The topological polar surface area (TPSA) is 186 Å². The highest BCUT2D eigenvalue weighted by molar-refractivity contribution is 5.94. The van der Waals surface area contributed by atoms with Gasteiger partial charge in [-0.15, -0.1) is 0 Å². The molecular formula is C18H24N2O9. The Kier molecular flexibility index (Phi) is 7.27. The van der Waals surface area contributed by atoms with E-state index in [1.165, 1.54) is 0 Å². The van der Waals surface area contributed by atoms with Gasteiger partial charge in [0, 0.05) is 25.5 Å². The van der Waals surface area contributed by atoms with Gasteiger partial charge in [0.15, 0.2) is 0 Å². The number of carboxylic acids is 1. The van der Waals surface area contributed by atoms with Crippen LogP contribution in [0, 0.1) is 0 Å². The van der Waals surface area contributed by atoms with Crippen LogP contribution in [-0.4, -0.2) is 86.1 Å². The summed E-state index contributed by atoms with van der Waals surface area (Å²) in [5, 5.41) is 54.8. The van der Waals surface area contributed by atoms with E-state index < -0.39 is 67.0 Å². The smallest absolute Gasteiger partial charge is 0.364 e. The highest BCUT2D eigenvalue weighted by Crippen LogP contribution is 2.30. The van der Waals surface area contributed by atoms with Crippen LogP contribution in [0.4, 0.5) is 0 Å². The summed E-state index contributed by atoms with van der Waals surface area (Å²) in [6, 6.07) is 6.77. The molecule has 0 aromatic heterocycles. The molecule has 0 radical (unpaired) electrons. The lowest BCUT2D eigenvalue weighted by Crippen LogP contribution is -2.67. The Morgan fingerprint density at radius 3 is 2.41 bits per heavy atom. The first-order valence-corrected chi connectivity index (χ1v) is 8.83. The molecule has 1 heterocycles. The van der Waals surface area contributed by atoms with E-state index in [2.05, 4.69) is 10.6 Å². The Morgan fingerprint density at radius 2 is 1.86 bits per heavy atom. The second kappa shape index (κ2) is 9.29. The average molecular weight is 412 g/mol. The zero-order valence-corrected chi connectivity index (χ0v) is 15.6. The van der Waals surface area contributed by atoms with Gasteiger partial charge in [-0.3, -0.25) is 9.59 Å². The van der Waals surface area contributed by atoms with E-state index in [9.17, 15) is 34.8 Å². The number of amides is 2. The summed E-state index contributed by atoms with van der Waals surface area (Å²) in [4.78, 5) is 34.7. The summed E-state index contributed by atoms with van der Waals surface area (Å²) in [7, 11) is 0. The standard InChI is InChI=1S/C18H24N2O9/c1-9(21)20-13-11(22)7-18(28,17(26)27)29-15(13)14(24)12(23)8-19-16(25)10-5-3-2-4-6-10/h2-6,11-15,22-24,28H,7-8H2,1H3,(H,19,25)(H,20,21)(H,26,27)/t11-,12+,13+,14-,15+,18+/m0/s1. The molecule has 29 heavy (non-hydrogen) atoms. The minimum absolute atomic E-state index is 0.315. The fraction of sp³-hybridized carbons (Fsp3) is 0.500. The van der Waals surface area contributed by atoms with Crippen LogP contribution in [0.15, 0.2) is 30.3 Å². The van der Waals surface area contributed by atoms with Crippen molar-refractivity contribution in [1.82, 2.24) is 10.6 Å². The predicted octanol–water partition coefficient (Wildman–Crippen LogP) is -2.43. The van der Waals surface area contributed by atoms with Gasteiger partial charge in [-0.25, -0.2) is 4.79 Å². The van der Waals surface area contributed by atoms with Gasteiger partial charge >= 0.3 is 5.97 Å². The molecule has 1 aliphatic rings. The Bertz CT molecular complexity index is 744. The molecule has 0 aliphatic carbocycles. The average Bonchev–Trinajstić information content (AvgIpc) is 2.67. The second-order valence-electron chi connectivity index (χ2n) is 6.80. The molecule has 0 spiro atoms. The number of hydrogen-bond acceptors (Lipinski definition) is 8. The van der Waals surface area contributed by atoms with E-state index in [1.807, 2.05) is 0 Å². The van der Waals surface area contributed by atoms with Crippen LogP contribution in [0.1, 0.15) is 23.7 Å². The zero-order valence-electron chi connectivity index (χ0n) is 15.6. The molecule has 0 bridgehead atoms. The van der Waals surface area contributed by atoms with Crippen LogP contribution >= 0.6 is 0 Å². The molecule has 1 aromatic carbocycles. The van der Waals surface area contributed by atoms with Gasteiger partial charge in [-0.05, 0) is 12.1 Å². The Balaban J connectivity index is 2.12. The maximum atomic E-state index is 12.1. The van der Waals surface area contributed by atoms with E-state index in [-0.39, 0.29) is 0 Å². The van der Waals surface area contributed by atoms with Crippen molar-refractivity contribution in [3.63, 3.8) is 0 Å². The Labute approximate surface area is 165 Å². The molecule has 160 valence electrons. The molecule has 7 N–H and O–H groups in total. The first-order chi connectivity index (χ1) is 13.5. The van der Waals surface area contributed by atoms with Gasteiger partial charge in [0.1, 0.15) is 12.2 Å². The number of rotatable bonds is 7. The molecule has 11 nitrogen and oxygen atoms in total. The van der Waals surface area contributed by atoms with Crippen molar-refractivity contribution < 1.29 is 44.7 Å². The maximum absolute atomic E-state index is 12.1. The normalized spacial score (nSPS) is 28.8. The van der Waals surface area contributed by atoms with Crippen LogP contribution in [0.2, 0.25) is 0 Å². The largest absolute Gasteiger partial charge is 0.477 e. The number of benzene rings is 1. The monoisotopic (exact) mass is 412 g/mol. The van der Waals surface area contributed by atoms with Crippen LogP contribution in [0.3, 0.4) is 0 Å². The molecule has 11 heteroatoms. The molecule has 1 aliphatic heterocycles. The fourth-order valence-electron chi connectivity index (χ4n) is 3.04. The lowest BCUT2D eigenvalue weighted by atomic mass is 9.88. The second-order valence-corrected chi connectivity index (χ2v) is 6.80. The fourth-order valence-corrected chi connectivity index (χ4v) is 3.04. The van der Waals surface area contributed by atoms with Crippen molar-refractivity contribution in [2.75, 3.05) is 6.54 Å². The van der Waals surface area contributed by atoms with Crippen LogP contribution in [0.25, 0.3) is 0 Å². The molecule has 2 amide bonds. The van der Waals surface area contributed by atoms with Gasteiger partial charge in [0.2, 0.25) is 5.91 Å². The SMILES string of the molecule is CC(=O)N[C@H]1[C@H]([C@@H](O)[C@H](O)CNC(=O)c2ccccc2)O[C@@](O)(C(=O)O)C[C@@H]1O. The first-order valence-electron chi connectivity index (χ1n) is 8.83. The Morgan fingerprint density at radius 1 is 1.24 bits per heavy atom. The van der Waals surface area contributed by atoms with E-state index >= 15 is 0 Å². The maximum Gasteiger partial charge on any atom is 0.364 e.